The molecule has 2 aliphatic rings. The van der Waals surface area contributed by atoms with Crippen LogP contribution in [0.5, 0.6) is 0 Å². The molecule has 0 aliphatic carbocycles. The summed E-state index contributed by atoms with van der Waals surface area (Å²) in [4.78, 5) is 15.3. The molecule has 1 saturated heterocycles. The molecule has 33 heavy (non-hydrogen) atoms. The molecule has 3 heterocycles. The Morgan fingerprint density at radius 3 is 2.58 bits per heavy atom. The maximum atomic E-state index is 13.3. The highest BCUT2D eigenvalue weighted by Crippen LogP contribution is 2.33. The van der Waals surface area contributed by atoms with Crippen molar-refractivity contribution in [3.05, 3.63) is 64.4 Å². The Kier molecular flexibility index (Phi) is 5.72. The lowest BCUT2D eigenvalue weighted by Crippen LogP contribution is -2.35. The zero-order valence-electron chi connectivity index (χ0n) is 18.2. The monoisotopic (exact) mass is 485 g/mol. The molecule has 0 bridgehead atoms. The number of piperidine rings is 1. The highest BCUT2D eigenvalue weighted by Gasteiger charge is 2.32. The van der Waals surface area contributed by atoms with Crippen LogP contribution in [0.15, 0.2) is 47.4 Å². The normalized spacial score (nSPS) is 16.7. The zero-order chi connectivity index (χ0) is 23.2. The third-order valence-electron chi connectivity index (χ3n) is 6.29. The summed E-state index contributed by atoms with van der Waals surface area (Å²) in [5.41, 5.74) is 3.16. The number of aromatic nitrogens is 3. The fourth-order valence-corrected chi connectivity index (χ4v) is 6.26. The first-order valence-electron chi connectivity index (χ1n) is 11.0. The van der Waals surface area contributed by atoms with E-state index in [0.717, 1.165) is 30.5 Å². The van der Waals surface area contributed by atoms with Gasteiger partial charge in [-0.15, -0.1) is 5.10 Å². The number of benzene rings is 2. The van der Waals surface area contributed by atoms with Gasteiger partial charge in [-0.1, -0.05) is 29.3 Å². The van der Waals surface area contributed by atoms with E-state index in [0.29, 0.717) is 47.4 Å². The quantitative estimate of drug-likeness (QED) is 0.563. The summed E-state index contributed by atoms with van der Waals surface area (Å²) in [5, 5.41) is 8.85. The number of sulfonamides is 1. The molecule has 0 atom stereocenters. The predicted molar refractivity (Wildman–Crippen MR) is 126 cm³/mol. The molecule has 172 valence electrons. The second kappa shape index (κ2) is 8.55. The van der Waals surface area contributed by atoms with E-state index in [1.807, 2.05) is 12.1 Å². The smallest absolute Gasteiger partial charge is 0.280 e. The van der Waals surface area contributed by atoms with E-state index in [-0.39, 0.29) is 11.6 Å². The Morgan fingerprint density at radius 1 is 1.03 bits per heavy atom. The minimum Gasteiger partial charge on any atom is -0.306 e. The Morgan fingerprint density at radius 2 is 1.82 bits per heavy atom. The molecule has 0 N–H and O–H groups in total. The molecule has 5 rings (SSSR count). The minimum atomic E-state index is -3.52. The van der Waals surface area contributed by atoms with Gasteiger partial charge < -0.3 is 4.90 Å². The van der Waals surface area contributed by atoms with E-state index in [4.69, 9.17) is 11.6 Å². The molecule has 10 heteroatoms. The average Bonchev–Trinajstić information content (AvgIpc) is 3.42. The summed E-state index contributed by atoms with van der Waals surface area (Å²) in [6, 6.07) is 12.2. The number of rotatable bonds is 4. The molecular weight excluding hydrogens is 462 g/mol. The molecule has 0 unspecified atom stereocenters. The van der Waals surface area contributed by atoms with Crippen LogP contribution in [0.3, 0.4) is 0 Å². The Balaban J connectivity index is 1.42. The van der Waals surface area contributed by atoms with Crippen molar-refractivity contribution in [3.63, 3.8) is 0 Å². The van der Waals surface area contributed by atoms with Crippen molar-refractivity contribution in [1.29, 1.82) is 0 Å². The zero-order valence-corrected chi connectivity index (χ0v) is 19.8. The van der Waals surface area contributed by atoms with Crippen molar-refractivity contribution in [3.8, 4) is 5.69 Å². The lowest BCUT2D eigenvalue weighted by atomic mass is 10.2. The topological polar surface area (TPSA) is 88.4 Å². The number of amides is 1. The Hall–Kier alpha value is -2.75. The molecule has 1 fully saturated rings. The number of anilines is 1. The van der Waals surface area contributed by atoms with Crippen LogP contribution in [0.1, 0.15) is 41.0 Å². The largest absolute Gasteiger partial charge is 0.306 e. The molecule has 3 aromatic rings. The van der Waals surface area contributed by atoms with Crippen molar-refractivity contribution in [2.75, 3.05) is 24.5 Å². The third kappa shape index (κ3) is 3.94. The number of hydrogen-bond acceptors (Lipinski definition) is 5. The van der Waals surface area contributed by atoms with Gasteiger partial charge in [-0.05, 0) is 68.1 Å². The summed E-state index contributed by atoms with van der Waals surface area (Å²) in [5.74, 6) is -0.258. The first-order valence-corrected chi connectivity index (χ1v) is 12.8. The van der Waals surface area contributed by atoms with Crippen LogP contribution < -0.4 is 4.90 Å². The van der Waals surface area contributed by atoms with Crippen LogP contribution in [-0.2, 0) is 16.4 Å². The second-order valence-electron chi connectivity index (χ2n) is 8.38. The molecule has 2 aliphatic heterocycles. The number of carbonyl (C=O) groups is 1. The molecular formula is C23H24ClN5O3S. The lowest BCUT2D eigenvalue weighted by Gasteiger charge is -2.26. The predicted octanol–water partition coefficient (Wildman–Crippen LogP) is 3.61. The average molecular weight is 486 g/mol. The van der Waals surface area contributed by atoms with Gasteiger partial charge in [0, 0.05) is 30.3 Å². The minimum absolute atomic E-state index is 0.257. The molecule has 0 spiro atoms. The molecule has 8 nitrogen and oxygen atoms in total. The van der Waals surface area contributed by atoms with Crippen LogP contribution >= 0.6 is 11.6 Å². The van der Waals surface area contributed by atoms with Crippen molar-refractivity contribution < 1.29 is 13.2 Å². The van der Waals surface area contributed by atoms with Crippen LogP contribution in [0.4, 0.5) is 5.69 Å². The van der Waals surface area contributed by atoms with Gasteiger partial charge in [0.2, 0.25) is 10.0 Å². The summed E-state index contributed by atoms with van der Waals surface area (Å²) in [6.07, 6.45) is 3.43. The van der Waals surface area contributed by atoms with E-state index in [1.54, 1.807) is 51.1 Å². The summed E-state index contributed by atoms with van der Waals surface area (Å²) in [7, 11) is -3.52. The number of halogens is 1. The summed E-state index contributed by atoms with van der Waals surface area (Å²) >= 11 is 6.09. The van der Waals surface area contributed by atoms with Gasteiger partial charge in [-0.2, -0.15) is 4.31 Å². The van der Waals surface area contributed by atoms with Gasteiger partial charge >= 0.3 is 0 Å². The fraction of sp³-hybridized carbons (Fsp3) is 0.348. The van der Waals surface area contributed by atoms with Crippen molar-refractivity contribution in [1.82, 2.24) is 19.3 Å². The lowest BCUT2D eigenvalue weighted by molar-refractivity contribution is 0.0984. The maximum Gasteiger partial charge on any atom is 0.280 e. The summed E-state index contributed by atoms with van der Waals surface area (Å²) < 4.78 is 29.2. The molecule has 0 saturated carbocycles. The number of nitrogens with zero attached hydrogens (tertiary/aromatic N) is 5. The van der Waals surface area contributed by atoms with E-state index in [9.17, 15) is 13.2 Å². The Labute approximate surface area is 197 Å². The number of fused-ring (bicyclic) bond motifs is 1. The van der Waals surface area contributed by atoms with E-state index < -0.39 is 10.0 Å². The van der Waals surface area contributed by atoms with E-state index in [2.05, 4.69) is 10.3 Å². The van der Waals surface area contributed by atoms with Crippen molar-refractivity contribution in [2.45, 2.75) is 37.5 Å². The SMILES string of the molecule is Cc1c(C(=O)N2CCc3cc(S(=O)(=O)N4CCCCC4)ccc32)nnn1-c1cccc(Cl)c1. The van der Waals surface area contributed by atoms with E-state index in [1.165, 1.54) is 0 Å². The van der Waals surface area contributed by atoms with Crippen LogP contribution in [-0.4, -0.2) is 53.3 Å². The standard InChI is InChI=1S/C23H24ClN5O3S/c1-16-22(25-26-29(16)19-7-5-6-18(24)15-19)23(30)28-13-10-17-14-20(8-9-21(17)28)33(31,32)27-11-3-2-4-12-27/h5-9,14-15H,2-4,10-13H2,1H3. The highest BCUT2D eigenvalue weighted by molar-refractivity contribution is 7.89. The van der Waals surface area contributed by atoms with E-state index >= 15 is 0 Å². The number of carbonyl (C=O) groups excluding carboxylic acids is 1. The highest BCUT2D eigenvalue weighted by atomic mass is 35.5. The number of hydrogen-bond donors (Lipinski definition) is 0. The first kappa shape index (κ1) is 22.1. The Bertz CT molecular complexity index is 1330. The van der Waals surface area contributed by atoms with Gasteiger partial charge in [-0.3, -0.25) is 4.79 Å². The fourth-order valence-electron chi connectivity index (χ4n) is 4.51. The third-order valence-corrected chi connectivity index (χ3v) is 8.42. The van der Waals surface area contributed by atoms with Gasteiger partial charge in [0.05, 0.1) is 16.3 Å². The molecule has 0 radical (unpaired) electrons. The van der Waals surface area contributed by atoms with Crippen LogP contribution in [0.2, 0.25) is 5.02 Å². The second-order valence-corrected chi connectivity index (χ2v) is 10.8. The van der Waals surface area contributed by atoms with Gasteiger partial charge in [0.1, 0.15) is 0 Å². The molecule has 1 aromatic heterocycles. The van der Waals surface area contributed by atoms with Crippen LogP contribution in [0, 0.1) is 6.92 Å². The van der Waals surface area contributed by atoms with Gasteiger partial charge in [-0.25, -0.2) is 13.1 Å². The van der Waals surface area contributed by atoms with Crippen molar-refractivity contribution in [2.24, 2.45) is 0 Å². The van der Waals surface area contributed by atoms with Gasteiger partial charge in [0.25, 0.3) is 5.91 Å². The van der Waals surface area contributed by atoms with Crippen molar-refractivity contribution >= 4 is 33.2 Å². The van der Waals surface area contributed by atoms with Crippen LogP contribution in [0.25, 0.3) is 5.69 Å². The first-order chi connectivity index (χ1) is 15.9. The maximum absolute atomic E-state index is 13.3. The molecule has 2 aromatic carbocycles. The summed E-state index contributed by atoms with van der Waals surface area (Å²) in [6.45, 7) is 3.38. The molecule has 1 amide bonds. The van der Waals surface area contributed by atoms with Gasteiger partial charge in [0.15, 0.2) is 5.69 Å².